The first-order valence-corrected chi connectivity index (χ1v) is 8.22. The van der Waals surface area contributed by atoms with Crippen LogP contribution in [0.15, 0.2) is 30.3 Å². The summed E-state index contributed by atoms with van der Waals surface area (Å²) in [5, 5.41) is 0. The molecule has 0 radical (unpaired) electrons. The highest BCUT2D eigenvalue weighted by Crippen LogP contribution is 2.21. The summed E-state index contributed by atoms with van der Waals surface area (Å²) in [5.41, 5.74) is 0.967. The summed E-state index contributed by atoms with van der Waals surface area (Å²) in [6, 6.07) is 9.23. The van der Waals surface area contributed by atoms with Crippen molar-refractivity contribution in [2.24, 2.45) is 0 Å². The van der Waals surface area contributed by atoms with Crippen LogP contribution in [0, 0.1) is 0 Å². The molecule has 0 unspecified atom stereocenters. The SMILES string of the molecule is CCCCCC(=O)N1CCC[C@H]1C(=O)OCc1ccccc1. The monoisotopic (exact) mass is 303 g/mol. The summed E-state index contributed by atoms with van der Waals surface area (Å²) >= 11 is 0. The number of likely N-dealkylation sites (tertiary alicyclic amines) is 1. The van der Waals surface area contributed by atoms with Crippen molar-refractivity contribution in [3.63, 3.8) is 0 Å². The Labute approximate surface area is 132 Å². The molecule has 1 saturated heterocycles. The Kier molecular flexibility index (Phi) is 6.44. The molecule has 0 N–H and O–H groups in total. The number of esters is 1. The number of amides is 1. The van der Waals surface area contributed by atoms with Crippen LogP contribution >= 0.6 is 0 Å². The van der Waals surface area contributed by atoms with Gasteiger partial charge in [-0.25, -0.2) is 4.79 Å². The highest BCUT2D eigenvalue weighted by Gasteiger charge is 2.34. The Morgan fingerprint density at radius 2 is 2.00 bits per heavy atom. The molecular formula is C18H25NO3. The normalized spacial score (nSPS) is 17.5. The predicted octanol–water partition coefficient (Wildman–Crippen LogP) is 3.30. The third-order valence-electron chi connectivity index (χ3n) is 4.06. The van der Waals surface area contributed by atoms with Gasteiger partial charge in [-0.3, -0.25) is 4.79 Å². The lowest BCUT2D eigenvalue weighted by Crippen LogP contribution is -2.41. The molecule has 1 aliphatic heterocycles. The number of ether oxygens (including phenoxy) is 1. The number of unbranched alkanes of at least 4 members (excludes halogenated alkanes) is 2. The molecule has 1 fully saturated rings. The van der Waals surface area contributed by atoms with E-state index in [0.29, 0.717) is 19.4 Å². The third-order valence-corrected chi connectivity index (χ3v) is 4.06. The van der Waals surface area contributed by atoms with E-state index < -0.39 is 6.04 Å². The lowest BCUT2D eigenvalue weighted by atomic mass is 10.1. The first kappa shape index (κ1) is 16.5. The van der Waals surface area contributed by atoms with Gasteiger partial charge in [0.25, 0.3) is 0 Å². The van der Waals surface area contributed by atoms with Crippen LogP contribution in [0.2, 0.25) is 0 Å². The molecule has 0 aromatic heterocycles. The molecule has 0 spiro atoms. The van der Waals surface area contributed by atoms with Crippen molar-refractivity contribution in [2.45, 2.75) is 58.1 Å². The van der Waals surface area contributed by atoms with Gasteiger partial charge in [-0.05, 0) is 24.8 Å². The second-order valence-electron chi connectivity index (χ2n) is 5.80. The summed E-state index contributed by atoms with van der Waals surface area (Å²) < 4.78 is 5.39. The average molecular weight is 303 g/mol. The summed E-state index contributed by atoms with van der Waals surface area (Å²) in [4.78, 5) is 26.2. The van der Waals surface area contributed by atoms with Gasteiger partial charge in [0.15, 0.2) is 0 Å². The van der Waals surface area contributed by atoms with Crippen LogP contribution in [0.1, 0.15) is 51.0 Å². The van der Waals surface area contributed by atoms with E-state index in [1.165, 1.54) is 0 Å². The molecule has 2 rings (SSSR count). The molecule has 1 atom stereocenters. The van der Waals surface area contributed by atoms with E-state index in [-0.39, 0.29) is 18.5 Å². The maximum absolute atomic E-state index is 12.2. The number of rotatable bonds is 7. The Bertz CT molecular complexity index is 486. The lowest BCUT2D eigenvalue weighted by molar-refractivity contribution is -0.154. The van der Waals surface area contributed by atoms with E-state index in [1.54, 1.807) is 4.90 Å². The molecule has 4 nitrogen and oxygen atoms in total. The zero-order valence-electron chi connectivity index (χ0n) is 13.3. The van der Waals surface area contributed by atoms with E-state index in [1.807, 2.05) is 30.3 Å². The molecule has 0 aliphatic carbocycles. The Morgan fingerprint density at radius 3 is 2.73 bits per heavy atom. The number of carbonyl (C=O) groups excluding carboxylic acids is 2. The number of carbonyl (C=O) groups is 2. The van der Waals surface area contributed by atoms with Crippen LogP contribution in [-0.2, 0) is 20.9 Å². The first-order chi connectivity index (χ1) is 10.7. The van der Waals surface area contributed by atoms with Crippen molar-refractivity contribution in [3.05, 3.63) is 35.9 Å². The van der Waals surface area contributed by atoms with Gasteiger partial charge >= 0.3 is 5.97 Å². The van der Waals surface area contributed by atoms with Crippen LogP contribution in [-0.4, -0.2) is 29.4 Å². The van der Waals surface area contributed by atoms with Gasteiger partial charge in [-0.1, -0.05) is 50.1 Å². The van der Waals surface area contributed by atoms with Gasteiger partial charge in [-0.2, -0.15) is 0 Å². The van der Waals surface area contributed by atoms with Crippen LogP contribution in [0.3, 0.4) is 0 Å². The fourth-order valence-electron chi connectivity index (χ4n) is 2.80. The van der Waals surface area contributed by atoms with Crippen LogP contribution < -0.4 is 0 Å². The molecule has 1 amide bonds. The number of benzene rings is 1. The second kappa shape index (κ2) is 8.57. The maximum Gasteiger partial charge on any atom is 0.329 e. The second-order valence-corrected chi connectivity index (χ2v) is 5.80. The standard InChI is InChI=1S/C18H25NO3/c1-2-3-5-12-17(20)19-13-8-11-16(19)18(21)22-14-15-9-6-4-7-10-15/h4,6-7,9-10,16H,2-3,5,8,11-14H2,1H3/t16-/m0/s1. The summed E-state index contributed by atoms with van der Waals surface area (Å²) in [6.45, 7) is 3.06. The highest BCUT2D eigenvalue weighted by molar-refractivity contribution is 5.85. The highest BCUT2D eigenvalue weighted by atomic mass is 16.5. The molecule has 4 heteroatoms. The molecular weight excluding hydrogens is 278 g/mol. The zero-order chi connectivity index (χ0) is 15.8. The number of nitrogens with zero attached hydrogens (tertiary/aromatic N) is 1. The summed E-state index contributed by atoms with van der Waals surface area (Å²) in [7, 11) is 0. The van der Waals surface area contributed by atoms with E-state index in [2.05, 4.69) is 6.92 Å². The minimum absolute atomic E-state index is 0.0904. The first-order valence-electron chi connectivity index (χ1n) is 8.22. The average Bonchev–Trinajstić information content (AvgIpc) is 3.03. The fraction of sp³-hybridized carbons (Fsp3) is 0.556. The molecule has 22 heavy (non-hydrogen) atoms. The molecule has 0 saturated carbocycles. The van der Waals surface area contributed by atoms with Gasteiger partial charge < -0.3 is 9.64 Å². The van der Waals surface area contributed by atoms with Crippen molar-refractivity contribution in [1.82, 2.24) is 4.90 Å². The quantitative estimate of drug-likeness (QED) is 0.573. The zero-order valence-corrected chi connectivity index (χ0v) is 13.3. The topological polar surface area (TPSA) is 46.6 Å². The summed E-state index contributed by atoms with van der Waals surface area (Å²) in [5.74, 6) is -0.183. The van der Waals surface area contributed by atoms with Crippen molar-refractivity contribution < 1.29 is 14.3 Å². The smallest absolute Gasteiger partial charge is 0.329 e. The Morgan fingerprint density at radius 1 is 1.23 bits per heavy atom. The lowest BCUT2D eigenvalue weighted by Gasteiger charge is -2.23. The number of hydrogen-bond donors (Lipinski definition) is 0. The van der Waals surface area contributed by atoms with Crippen molar-refractivity contribution in [2.75, 3.05) is 6.54 Å². The van der Waals surface area contributed by atoms with Gasteiger partial charge in [0.05, 0.1) is 0 Å². The van der Waals surface area contributed by atoms with Crippen molar-refractivity contribution in [1.29, 1.82) is 0 Å². The molecule has 1 aromatic carbocycles. The van der Waals surface area contributed by atoms with Crippen LogP contribution in [0.4, 0.5) is 0 Å². The predicted molar refractivity (Wildman–Crippen MR) is 85.1 cm³/mol. The van der Waals surface area contributed by atoms with Gasteiger partial charge in [0, 0.05) is 13.0 Å². The third kappa shape index (κ3) is 4.58. The Balaban J connectivity index is 1.84. The minimum atomic E-state index is -0.391. The van der Waals surface area contributed by atoms with E-state index in [9.17, 15) is 9.59 Å². The molecule has 1 aromatic rings. The van der Waals surface area contributed by atoms with E-state index in [0.717, 1.165) is 31.2 Å². The molecule has 1 heterocycles. The van der Waals surface area contributed by atoms with Gasteiger partial charge in [-0.15, -0.1) is 0 Å². The van der Waals surface area contributed by atoms with E-state index >= 15 is 0 Å². The molecule has 120 valence electrons. The van der Waals surface area contributed by atoms with Crippen LogP contribution in [0.25, 0.3) is 0 Å². The van der Waals surface area contributed by atoms with Crippen LogP contribution in [0.5, 0.6) is 0 Å². The molecule has 0 bridgehead atoms. The largest absolute Gasteiger partial charge is 0.459 e. The molecule has 1 aliphatic rings. The summed E-state index contributed by atoms with van der Waals surface area (Å²) in [6.07, 6.45) is 5.18. The van der Waals surface area contributed by atoms with E-state index in [4.69, 9.17) is 4.74 Å². The minimum Gasteiger partial charge on any atom is -0.459 e. The number of hydrogen-bond acceptors (Lipinski definition) is 3. The van der Waals surface area contributed by atoms with Gasteiger partial charge in [0.1, 0.15) is 12.6 Å². The fourth-order valence-corrected chi connectivity index (χ4v) is 2.80. The van der Waals surface area contributed by atoms with Gasteiger partial charge in [0.2, 0.25) is 5.91 Å². The Hall–Kier alpha value is -1.84. The maximum atomic E-state index is 12.2. The van der Waals surface area contributed by atoms with Crippen molar-refractivity contribution >= 4 is 11.9 Å². The van der Waals surface area contributed by atoms with Crippen molar-refractivity contribution in [3.8, 4) is 0 Å².